The molecule has 0 radical (unpaired) electrons. The van der Waals surface area contributed by atoms with Crippen molar-refractivity contribution in [3.8, 4) is 0 Å². The molecular formula is C9H14N6O. The van der Waals surface area contributed by atoms with Gasteiger partial charge in [-0.3, -0.25) is 0 Å². The number of anilines is 1. The van der Waals surface area contributed by atoms with Gasteiger partial charge in [0.1, 0.15) is 6.33 Å². The summed E-state index contributed by atoms with van der Waals surface area (Å²) in [6.45, 7) is 4.04. The van der Waals surface area contributed by atoms with Crippen LogP contribution >= 0.6 is 0 Å². The van der Waals surface area contributed by atoms with Gasteiger partial charge < -0.3 is 10.1 Å². The number of aryl methyl sites for hydroxylation is 1. The zero-order chi connectivity index (χ0) is 11.4. The number of ether oxygens (including phenoxy) is 1. The quantitative estimate of drug-likeness (QED) is 0.733. The molecule has 0 unspecified atom stereocenters. The number of nitrogens with one attached hydrogen (secondary N) is 1. The summed E-state index contributed by atoms with van der Waals surface area (Å²) in [4.78, 5) is 8.29. The van der Waals surface area contributed by atoms with Crippen molar-refractivity contribution >= 4 is 17.0 Å². The van der Waals surface area contributed by atoms with Gasteiger partial charge in [0.15, 0.2) is 17.0 Å². The molecule has 0 aliphatic heterocycles. The van der Waals surface area contributed by atoms with E-state index >= 15 is 0 Å². The van der Waals surface area contributed by atoms with Crippen LogP contribution < -0.4 is 5.32 Å². The second kappa shape index (κ2) is 4.84. The van der Waals surface area contributed by atoms with Crippen LogP contribution in [-0.2, 0) is 11.3 Å². The van der Waals surface area contributed by atoms with E-state index in [-0.39, 0.29) is 0 Å². The van der Waals surface area contributed by atoms with Gasteiger partial charge in [-0.25, -0.2) is 14.6 Å². The number of fused-ring (bicyclic) bond motifs is 1. The maximum absolute atomic E-state index is 4.95. The monoisotopic (exact) mass is 222 g/mol. The van der Waals surface area contributed by atoms with Gasteiger partial charge in [-0.05, 0) is 6.92 Å². The van der Waals surface area contributed by atoms with Crippen molar-refractivity contribution in [2.24, 2.45) is 0 Å². The van der Waals surface area contributed by atoms with Crippen LogP contribution in [0.4, 0.5) is 5.82 Å². The Morgan fingerprint density at radius 1 is 1.44 bits per heavy atom. The van der Waals surface area contributed by atoms with Crippen molar-refractivity contribution in [2.45, 2.75) is 13.5 Å². The van der Waals surface area contributed by atoms with Crippen molar-refractivity contribution in [2.75, 3.05) is 25.6 Å². The molecule has 0 amide bonds. The Morgan fingerprint density at radius 3 is 3.06 bits per heavy atom. The Labute approximate surface area is 92.8 Å². The molecule has 86 valence electrons. The summed E-state index contributed by atoms with van der Waals surface area (Å²) in [7, 11) is 1.66. The first-order valence-corrected chi connectivity index (χ1v) is 5.13. The standard InChI is InChI=1S/C9H14N6O/c1-3-15-9-7(13-14-15)8(11-6-12-9)10-4-5-16-2/h6H,3-5H2,1-2H3,(H,10,11,12). The van der Waals surface area contributed by atoms with E-state index in [2.05, 4.69) is 25.6 Å². The van der Waals surface area contributed by atoms with Crippen LogP contribution in [0.1, 0.15) is 6.92 Å². The minimum Gasteiger partial charge on any atom is -0.383 e. The van der Waals surface area contributed by atoms with E-state index in [1.54, 1.807) is 11.8 Å². The molecule has 0 saturated carbocycles. The topological polar surface area (TPSA) is 77.8 Å². The predicted molar refractivity (Wildman–Crippen MR) is 59.2 cm³/mol. The molecule has 2 rings (SSSR count). The van der Waals surface area contributed by atoms with Gasteiger partial charge >= 0.3 is 0 Å². The molecule has 7 nitrogen and oxygen atoms in total. The predicted octanol–water partition coefficient (Wildman–Crippen LogP) is 0.299. The number of nitrogens with zero attached hydrogens (tertiary/aromatic N) is 5. The van der Waals surface area contributed by atoms with Crippen LogP contribution in [-0.4, -0.2) is 45.2 Å². The summed E-state index contributed by atoms with van der Waals surface area (Å²) < 4.78 is 6.69. The van der Waals surface area contributed by atoms with Crippen molar-refractivity contribution in [3.63, 3.8) is 0 Å². The average Bonchev–Trinajstić information content (AvgIpc) is 2.73. The molecule has 7 heteroatoms. The molecule has 1 N–H and O–H groups in total. The lowest BCUT2D eigenvalue weighted by Crippen LogP contribution is -2.09. The first-order chi connectivity index (χ1) is 7.86. The smallest absolute Gasteiger partial charge is 0.183 e. The Bertz CT molecular complexity index is 468. The number of hydrogen-bond donors (Lipinski definition) is 1. The fourth-order valence-electron chi connectivity index (χ4n) is 1.41. The van der Waals surface area contributed by atoms with Crippen molar-refractivity contribution in [1.82, 2.24) is 25.0 Å². The summed E-state index contributed by atoms with van der Waals surface area (Å²) in [5, 5.41) is 11.2. The third kappa shape index (κ3) is 1.94. The van der Waals surface area contributed by atoms with Gasteiger partial charge in [0.05, 0.1) is 6.61 Å². The summed E-state index contributed by atoms with van der Waals surface area (Å²) >= 11 is 0. The zero-order valence-corrected chi connectivity index (χ0v) is 9.34. The Kier molecular flexibility index (Phi) is 3.25. The van der Waals surface area contributed by atoms with Crippen molar-refractivity contribution < 1.29 is 4.74 Å². The third-order valence-corrected chi connectivity index (χ3v) is 2.20. The van der Waals surface area contributed by atoms with Gasteiger partial charge in [0.25, 0.3) is 0 Å². The lowest BCUT2D eigenvalue weighted by Gasteiger charge is -2.04. The second-order valence-electron chi connectivity index (χ2n) is 3.22. The van der Waals surface area contributed by atoms with E-state index in [0.29, 0.717) is 24.5 Å². The maximum Gasteiger partial charge on any atom is 0.183 e. The molecule has 2 aromatic rings. The van der Waals surface area contributed by atoms with E-state index < -0.39 is 0 Å². The van der Waals surface area contributed by atoms with E-state index in [0.717, 1.165) is 12.2 Å². The summed E-state index contributed by atoms with van der Waals surface area (Å²) in [6, 6.07) is 0. The molecule has 0 saturated heterocycles. The van der Waals surface area contributed by atoms with Gasteiger partial charge in [0, 0.05) is 20.2 Å². The molecule has 0 aliphatic rings. The molecule has 16 heavy (non-hydrogen) atoms. The lowest BCUT2D eigenvalue weighted by molar-refractivity contribution is 0.210. The van der Waals surface area contributed by atoms with E-state index in [9.17, 15) is 0 Å². The van der Waals surface area contributed by atoms with Crippen LogP contribution in [0.15, 0.2) is 6.33 Å². The highest BCUT2D eigenvalue weighted by Crippen LogP contribution is 2.15. The van der Waals surface area contributed by atoms with Crippen LogP contribution in [0.3, 0.4) is 0 Å². The van der Waals surface area contributed by atoms with Gasteiger partial charge in [0.2, 0.25) is 0 Å². The van der Waals surface area contributed by atoms with Gasteiger partial charge in [-0.15, -0.1) is 5.10 Å². The minimum absolute atomic E-state index is 0.618. The van der Waals surface area contributed by atoms with Crippen LogP contribution in [0, 0.1) is 0 Å². The molecule has 0 fully saturated rings. The molecule has 0 aliphatic carbocycles. The highest BCUT2D eigenvalue weighted by Gasteiger charge is 2.09. The summed E-state index contributed by atoms with van der Waals surface area (Å²) in [5.41, 5.74) is 1.44. The molecule has 2 aromatic heterocycles. The first-order valence-electron chi connectivity index (χ1n) is 5.13. The summed E-state index contributed by atoms with van der Waals surface area (Å²) in [5.74, 6) is 0.696. The fourth-order valence-corrected chi connectivity index (χ4v) is 1.41. The van der Waals surface area contributed by atoms with E-state index in [4.69, 9.17) is 4.74 Å². The van der Waals surface area contributed by atoms with Crippen LogP contribution in [0.25, 0.3) is 11.2 Å². The minimum atomic E-state index is 0.618. The van der Waals surface area contributed by atoms with Crippen molar-refractivity contribution in [1.29, 1.82) is 0 Å². The molecule has 0 atom stereocenters. The SMILES string of the molecule is CCn1nnc2c(NCCOC)ncnc21. The molecule has 0 aromatic carbocycles. The van der Waals surface area contributed by atoms with Crippen LogP contribution in [0.2, 0.25) is 0 Å². The van der Waals surface area contributed by atoms with E-state index in [1.165, 1.54) is 6.33 Å². The third-order valence-electron chi connectivity index (χ3n) is 2.20. The first kappa shape index (κ1) is 10.7. The van der Waals surface area contributed by atoms with Gasteiger partial charge in [-0.2, -0.15) is 0 Å². The highest BCUT2D eigenvalue weighted by atomic mass is 16.5. The number of hydrogen-bond acceptors (Lipinski definition) is 6. The normalized spacial score (nSPS) is 10.9. The van der Waals surface area contributed by atoms with Gasteiger partial charge in [-0.1, -0.05) is 5.21 Å². The number of aromatic nitrogens is 5. The summed E-state index contributed by atoms with van der Waals surface area (Å²) in [6.07, 6.45) is 1.51. The van der Waals surface area contributed by atoms with E-state index in [1.807, 2.05) is 6.92 Å². The Hall–Kier alpha value is -1.76. The largest absolute Gasteiger partial charge is 0.383 e. The zero-order valence-electron chi connectivity index (χ0n) is 9.34. The fraction of sp³-hybridized carbons (Fsp3) is 0.556. The second-order valence-corrected chi connectivity index (χ2v) is 3.22. The highest BCUT2D eigenvalue weighted by molar-refractivity contribution is 5.81. The van der Waals surface area contributed by atoms with Crippen molar-refractivity contribution in [3.05, 3.63) is 6.33 Å². The molecule has 0 spiro atoms. The number of rotatable bonds is 5. The Morgan fingerprint density at radius 2 is 2.31 bits per heavy atom. The lowest BCUT2D eigenvalue weighted by atomic mass is 10.4. The maximum atomic E-state index is 4.95. The molecule has 0 bridgehead atoms. The van der Waals surface area contributed by atoms with Crippen LogP contribution in [0.5, 0.6) is 0 Å². The number of methoxy groups -OCH3 is 1. The molecule has 2 heterocycles. The molecular weight excluding hydrogens is 208 g/mol. The average molecular weight is 222 g/mol. The Balaban J connectivity index is 2.28.